The molecule has 1 saturated carbocycles. The van der Waals surface area contributed by atoms with Gasteiger partial charge in [0.15, 0.2) is 5.92 Å². The first-order valence-electron chi connectivity index (χ1n) is 8.33. The number of hydrogen-bond acceptors (Lipinski definition) is 7. The molecule has 0 spiro atoms. The van der Waals surface area contributed by atoms with Crippen LogP contribution in [-0.2, 0) is 23.9 Å². The molecule has 2 rings (SSSR count). The average Bonchev–Trinajstić information content (AvgIpc) is 2.65. The number of nitro benzene ring substituents is 1. The first kappa shape index (κ1) is 19.6. The van der Waals surface area contributed by atoms with Gasteiger partial charge in [-0.05, 0) is 18.4 Å². The van der Waals surface area contributed by atoms with Gasteiger partial charge >= 0.3 is 11.9 Å². The number of nitrogens with zero attached hydrogens (tertiary/aromatic N) is 1. The van der Waals surface area contributed by atoms with Crippen LogP contribution in [0.1, 0.15) is 37.2 Å². The normalized spacial score (nSPS) is 18.3. The van der Waals surface area contributed by atoms with E-state index in [2.05, 4.69) is 0 Å². The lowest BCUT2D eigenvalue weighted by molar-refractivity contribution is -0.384. The Labute approximate surface area is 150 Å². The second-order valence-electron chi connectivity index (χ2n) is 6.22. The molecule has 0 saturated heterocycles. The number of ketones is 1. The number of non-ortho nitro benzene ring substituents is 1. The zero-order chi connectivity index (χ0) is 19.3. The van der Waals surface area contributed by atoms with Crippen LogP contribution in [0.4, 0.5) is 5.69 Å². The summed E-state index contributed by atoms with van der Waals surface area (Å²) in [6.45, 7) is 0. The van der Waals surface area contributed by atoms with Crippen LogP contribution in [0.15, 0.2) is 24.3 Å². The molecule has 26 heavy (non-hydrogen) atoms. The van der Waals surface area contributed by atoms with Crippen molar-refractivity contribution in [1.82, 2.24) is 0 Å². The number of Topliss-reactive ketones (excluding diaryl/α,β-unsaturated/α-hetero) is 1. The van der Waals surface area contributed by atoms with E-state index in [-0.39, 0.29) is 11.5 Å². The molecule has 2 atom stereocenters. The number of hydrogen-bond donors (Lipinski definition) is 0. The Morgan fingerprint density at radius 3 is 2.15 bits per heavy atom. The van der Waals surface area contributed by atoms with Crippen molar-refractivity contribution < 1.29 is 28.8 Å². The summed E-state index contributed by atoms with van der Waals surface area (Å²) in [5, 5.41) is 10.9. The van der Waals surface area contributed by atoms with Crippen LogP contribution >= 0.6 is 0 Å². The highest BCUT2D eigenvalue weighted by Crippen LogP contribution is 2.40. The molecular formula is C18H21NO7. The minimum absolute atomic E-state index is 0.0302. The maximum Gasteiger partial charge on any atom is 0.320 e. The number of carbonyl (C=O) groups excluding carboxylic acids is 3. The Bertz CT molecular complexity index is 682. The second-order valence-corrected chi connectivity index (χ2v) is 6.22. The molecule has 140 valence electrons. The molecule has 8 heteroatoms. The van der Waals surface area contributed by atoms with E-state index in [1.54, 1.807) is 0 Å². The summed E-state index contributed by atoms with van der Waals surface area (Å²) in [7, 11) is 2.32. The number of esters is 2. The molecule has 0 heterocycles. The Kier molecular flexibility index (Phi) is 6.43. The summed E-state index contributed by atoms with van der Waals surface area (Å²) in [4.78, 5) is 47.5. The number of methoxy groups -OCH3 is 2. The summed E-state index contributed by atoms with van der Waals surface area (Å²) in [5.41, 5.74) is 0.381. The van der Waals surface area contributed by atoms with E-state index >= 15 is 0 Å². The lowest BCUT2D eigenvalue weighted by Gasteiger charge is -2.32. The van der Waals surface area contributed by atoms with Gasteiger partial charge in [-0.2, -0.15) is 0 Å². The van der Waals surface area contributed by atoms with Gasteiger partial charge in [-0.1, -0.05) is 18.6 Å². The summed E-state index contributed by atoms with van der Waals surface area (Å²) < 4.78 is 9.53. The molecule has 0 bridgehead atoms. The summed E-state index contributed by atoms with van der Waals surface area (Å²) in [6, 6.07) is 5.54. The van der Waals surface area contributed by atoms with E-state index in [1.165, 1.54) is 24.3 Å². The molecule has 0 amide bonds. The Hall–Kier alpha value is -2.77. The number of nitro groups is 1. The van der Waals surface area contributed by atoms with Crippen LogP contribution in [-0.4, -0.2) is 36.9 Å². The van der Waals surface area contributed by atoms with Crippen LogP contribution in [0, 0.1) is 22.0 Å². The first-order chi connectivity index (χ1) is 12.4. The molecule has 1 aromatic rings. The predicted molar refractivity (Wildman–Crippen MR) is 90.3 cm³/mol. The largest absolute Gasteiger partial charge is 0.468 e. The fraction of sp³-hybridized carbons (Fsp3) is 0.500. The molecule has 1 aromatic carbocycles. The lowest BCUT2D eigenvalue weighted by atomic mass is 9.70. The fourth-order valence-corrected chi connectivity index (χ4v) is 3.51. The minimum Gasteiger partial charge on any atom is -0.468 e. The SMILES string of the molecule is COC(=O)C(C(=O)OC)[C@@H](c1ccc([N+](=O)[O-])cc1)[C@@H]1CCCCC1=O. The molecule has 1 fully saturated rings. The molecule has 0 aromatic heterocycles. The lowest BCUT2D eigenvalue weighted by Crippen LogP contribution is -2.39. The third-order valence-electron chi connectivity index (χ3n) is 4.79. The monoisotopic (exact) mass is 363 g/mol. The van der Waals surface area contributed by atoms with Gasteiger partial charge < -0.3 is 9.47 Å². The zero-order valence-electron chi connectivity index (χ0n) is 14.7. The Morgan fingerprint density at radius 1 is 1.12 bits per heavy atom. The highest BCUT2D eigenvalue weighted by atomic mass is 16.6. The smallest absolute Gasteiger partial charge is 0.320 e. The van der Waals surface area contributed by atoms with Gasteiger partial charge in [0, 0.05) is 30.4 Å². The summed E-state index contributed by atoms with van der Waals surface area (Å²) in [5.74, 6) is -4.26. The maximum absolute atomic E-state index is 12.5. The van der Waals surface area contributed by atoms with E-state index < -0.39 is 34.6 Å². The minimum atomic E-state index is -1.31. The van der Waals surface area contributed by atoms with Crippen LogP contribution in [0.25, 0.3) is 0 Å². The molecule has 0 unspecified atom stereocenters. The van der Waals surface area contributed by atoms with Crippen LogP contribution in [0.3, 0.4) is 0 Å². The van der Waals surface area contributed by atoms with E-state index in [4.69, 9.17) is 9.47 Å². The molecular weight excluding hydrogens is 342 g/mol. The summed E-state index contributed by atoms with van der Waals surface area (Å²) >= 11 is 0. The van der Waals surface area contributed by atoms with E-state index in [0.717, 1.165) is 27.1 Å². The van der Waals surface area contributed by atoms with Crippen molar-refractivity contribution in [2.24, 2.45) is 11.8 Å². The molecule has 1 aliphatic carbocycles. The predicted octanol–water partition coefficient (Wildman–Crippen LogP) is 2.40. The third kappa shape index (κ3) is 4.07. The van der Waals surface area contributed by atoms with Gasteiger partial charge in [-0.3, -0.25) is 24.5 Å². The van der Waals surface area contributed by atoms with E-state index in [9.17, 15) is 24.5 Å². The van der Waals surface area contributed by atoms with Gasteiger partial charge in [0.05, 0.1) is 19.1 Å². The van der Waals surface area contributed by atoms with E-state index in [0.29, 0.717) is 18.4 Å². The Morgan fingerprint density at radius 2 is 1.69 bits per heavy atom. The summed E-state index contributed by atoms with van der Waals surface area (Å²) in [6.07, 6.45) is 2.48. The number of rotatable bonds is 6. The number of ether oxygens (including phenoxy) is 2. The van der Waals surface area contributed by atoms with Crippen LogP contribution in [0.5, 0.6) is 0 Å². The number of benzene rings is 1. The van der Waals surface area contributed by atoms with Gasteiger partial charge in [0.2, 0.25) is 0 Å². The van der Waals surface area contributed by atoms with Crippen molar-refractivity contribution in [3.63, 3.8) is 0 Å². The van der Waals surface area contributed by atoms with Crippen molar-refractivity contribution in [1.29, 1.82) is 0 Å². The van der Waals surface area contributed by atoms with E-state index in [1.807, 2.05) is 0 Å². The maximum atomic E-state index is 12.5. The van der Waals surface area contributed by atoms with Gasteiger partial charge in [0.1, 0.15) is 5.78 Å². The van der Waals surface area contributed by atoms with Crippen LogP contribution < -0.4 is 0 Å². The van der Waals surface area contributed by atoms with Crippen molar-refractivity contribution in [2.75, 3.05) is 14.2 Å². The van der Waals surface area contributed by atoms with Gasteiger partial charge in [-0.15, -0.1) is 0 Å². The van der Waals surface area contributed by atoms with Gasteiger partial charge in [-0.25, -0.2) is 0 Å². The Balaban J connectivity index is 2.52. The second kappa shape index (κ2) is 8.55. The standard InChI is InChI=1S/C18H21NO7/c1-25-17(21)16(18(22)26-2)15(13-5-3-4-6-14(13)20)11-7-9-12(10-8-11)19(23)24/h7-10,13,15-16H,3-6H2,1-2H3/t13-,15+/m1/s1. The quantitative estimate of drug-likeness (QED) is 0.330. The third-order valence-corrected chi connectivity index (χ3v) is 4.79. The fourth-order valence-electron chi connectivity index (χ4n) is 3.51. The van der Waals surface area contributed by atoms with Crippen molar-refractivity contribution in [3.8, 4) is 0 Å². The highest BCUT2D eigenvalue weighted by molar-refractivity contribution is 5.97. The number of carbonyl (C=O) groups is 3. The molecule has 1 aliphatic rings. The topological polar surface area (TPSA) is 113 Å². The molecule has 8 nitrogen and oxygen atoms in total. The van der Waals surface area contributed by atoms with Crippen molar-refractivity contribution in [3.05, 3.63) is 39.9 Å². The van der Waals surface area contributed by atoms with Crippen molar-refractivity contribution in [2.45, 2.75) is 31.6 Å². The average molecular weight is 363 g/mol. The van der Waals surface area contributed by atoms with Crippen molar-refractivity contribution >= 4 is 23.4 Å². The molecule has 0 aliphatic heterocycles. The molecule has 0 N–H and O–H groups in total. The van der Waals surface area contributed by atoms with Crippen LogP contribution in [0.2, 0.25) is 0 Å². The first-order valence-corrected chi connectivity index (χ1v) is 8.33. The molecule has 0 radical (unpaired) electrons. The zero-order valence-corrected chi connectivity index (χ0v) is 14.7. The highest BCUT2D eigenvalue weighted by Gasteiger charge is 2.45. The van der Waals surface area contributed by atoms with Gasteiger partial charge in [0.25, 0.3) is 5.69 Å².